The van der Waals surface area contributed by atoms with Gasteiger partial charge in [0.1, 0.15) is 12.1 Å². The predicted molar refractivity (Wildman–Crippen MR) is 145 cm³/mol. The number of rotatable bonds is 7. The molecule has 6 heteroatoms. The molecule has 1 amide bonds. The Kier molecular flexibility index (Phi) is 7.32. The smallest absolute Gasteiger partial charge is 0.328 e. The van der Waals surface area contributed by atoms with Crippen molar-refractivity contribution in [2.45, 2.75) is 84.8 Å². The van der Waals surface area contributed by atoms with E-state index in [1.807, 2.05) is 19.3 Å². The fourth-order valence-corrected chi connectivity index (χ4v) is 8.12. The van der Waals surface area contributed by atoms with Gasteiger partial charge >= 0.3 is 5.97 Å². The van der Waals surface area contributed by atoms with E-state index in [0.29, 0.717) is 24.3 Å². The van der Waals surface area contributed by atoms with Gasteiger partial charge in [-0.25, -0.2) is 4.79 Å². The minimum absolute atomic E-state index is 0.101. The molecule has 4 aliphatic carbocycles. The molecule has 0 spiro atoms. The first kappa shape index (κ1) is 26.1. The summed E-state index contributed by atoms with van der Waals surface area (Å²) in [7, 11) is 0. The number of aromatic nitrogens is 1. The number of nitrogens with one attached hydrogen (secondary N) is 2. The van der Waals surface area contributed by atoms with Gasteiger partial charge in [0.15, 0.2) is 0 Å². The lowest BCUT2D eigenvalue weighted by molar-refractivity contribution is -0.154. The van der Waals surface area contributed by atoms with Crippen molar-refractivity contribution in [2.75, 3.05) is 13.1 Å². The van der Waals surface area contributed by atoms with Crippen LogP contribution in [0, 0.1) is 28.6 Å². The SMILES string of the molecule is CCNCC(=O)NC(C)C(=O)OC1CCC2(C)C(=CCC3C2CCC2(C)C(c4cccnc4)=CCC32)C1. The lowest BCUT2D eigenvalue weighted by Gasteiger charge is -2.57. The Morgan fingerprint density at radius 1 is 1.14 bits per heavy atom. The number of nitrogens with zero attached hydrogens (tertiary/aromatic N) is 1. The number of carbonyl (C=O) groups excluding carboxylic acids is 2. The van der Waals surface area contributed by atoms with Gasteiger partial charge in [-0.3, -0.25) is 9.78 Å². The predicted octanol–water partition coefficient (Wildman–Crippen LogP) is 5.06. The molecule has 37 heavy (non-hydrogen) atoms. The quantitative estimate of drug-likeness (QED) is 0.400. The number of allylic oxidation sites excluding steroid dienone is 3. The molecular formula is C31H43N3O3. The minimum Gasteiger partial charge on any atom is -0.461 e. The van der Waals surface area contributed by atoms with E-state index >= 15 is 0 Å². The number of pyridine rings is 1. The zero-order valence-electron chi connectivity index (χ0n) is 22.9. The standard InChI is InChI=1S/C31H43N3O3/c1-5-32-19-28(35)34-20(2)29(36)37-23-12-14-30(3)22(17-23)8-9-24-26-11-10-25(21-7-6-16-33-18-21)31(26,4)15-13-27(24)30/h6-8,10,16,18,20,23-24,26-27,32H,5,9,11-15,17,19H2,1-4H3,(H,34,35). The second-order valence-corrected chi connectivity index (χ2v) is 12.2. The van der Waals surface area contributed by atoms with Gasteiger partial charge < -0.3 is 15.4 Å². The van der Waals surface area contributed by atoms with Gasteiger partial charge in [0.05, 0.1) is 6.54 Å². The lowest BCUT2D eigenvalue weighted by Crippen LogP contribution is -2.50. The average Bonchev–Trinajstić information content (AvgIpc) is 3.25. The first-order valence-electron chi connectivity index (χ1n) is 14.3. The number of hydrogen-bond donors (Lipinski definition) is 2. The maximum atomic E-state index is 12.7. The lowest BCUT2D eigenvalue weighted by atomic mass is 9.47. The van der Waals surface area contributed by atoms with E-state index in [2.05, 4.69) is 53.7 Å². The third-order valence-corrected chi connectivity index (χ3v) is 10.2. The highest BCUT2D eigenvalue weighted by molar-refractivity contribution is 5.85. The fraction of sp³-hybridized carbons (Fsp3) is 0.645. The monoisotopic (exact) mass is 505 g/mol. The van der Waals surface area contributed by atoms with Crippen molar-refractivity contribution in [1.29, 1.82) is 0 Å². The van der Waals surface area contributed by atoms with Crippen molar-refractivity contribution in [2.24, 2.45) is 28.6 Å². The third-order valence-electron chi connectivity index (χ3n) is 10.2. The molecule has 1 heterocycles. The zero-order valence-corrected chi connectivity index (χ0v) is 22.9. The largest absolute Gasteiger partial charge is 0.461 e. The third kappa shape index (κ3) is 4.78. The second kappa shape index (κ2) is 10.4. The molecule has 2 saturated carbocycles. The molecule has 5 rings (SSSR count). The molecule has 2 fully saturated rings. The summed E-state index contributed by atoms with van der Waals surface area (Å²) in [4.78, 5) is 29.1. The van der Waals surface area contributed by atoms with Crippen molar-refractivity contribution >= 4 is 17.4 Å². The molecule has 0 saturated heterocycles. The van der Waals surface area contributed by atoms with E-state index in [4.69, 9.17) is 4.74 Å². The molecular weight excluding hydrogens is 462 g/mol. The maximum Gasteiger partial charge on any atom is 0.328 e. The van der Waals surface area contributed by atoms with Crippen LogP contribution in [0.5, 0.6) is 0 Å². The Morgan fingerprint density at radius 3 is 2.70 bits per heavy atom. The van der Waals surface area contributed by atoms with Crippen LogP contribution >= 0.6 is 0 Å². The number of amides is 1. The molecule has 0 aromatic carbocycles. The second-order valence-electron chi connectivity index (χ2n) is 12.2. The summed E-state index contributed by atoms with van der Waals surface area (Å²) in [6.45, 7) is 9.55. The molecule has 1 aromatic rings. The normalized spacial score (nSPS) is 35.2. The van der Waals surface area contributed by atoms with Crippen LogP contribution in [-0.4, -0.2) is 42.1 Å². The molecule has 0 bridgehead atoms. The Hall–Kier alpha value is -2.47. The Labute approximate surface area is 221 Å². The number of hydrogen-bond acceptors (Lipinski definition) is 5. The summed E-state index contributed by atoms with van der Waals surface area (Å²) in [5.74, 6) is 1.55. The van der Waals surface area contributed by atoms with Crippen LogP contribution in [0.1, 0.15) is 78.2 Å². The van der Waals surface area contributed by atoms with Crippen molar-refractivity contribution in [3.63, 3.8) is 0 Å². The van der Waals surface area contributed by atoms with E-state index in [-0.39, 0.29) is 35.4 Å². The molecule has 0 radical (unpaired) electrons. The number of carbonyl (C=O) groups is 2. The van der Waals surface area contributed by atoms with Crippen LogP contribution < -0.4 is 10.6 Å². The van der Waals surface area contributed by atoms with E-state index in [0.717, 1.165) is 25.7 Å². The van der Waals surface area contributed by atoms with Gasteiger partial charge in [-0.05, 0) is 97.8 Å². The zero-order chi connectivity index (χ0) is 26.2. The summed E-state index contributed by atoms with van der Waals surface area (Å²) in [6.07, 6.45) is 16.3. The summed E-state index contributed by atoms with van der Waals surface area (Å²) >= 11 is 0. The van der Waals surface area contributed by atoms with Crippen LogP contribution in [0.4, 0.5) is 0 Å². The number of ether oxygens (including phenoxy) is 1. The number of likely N-dealkylation sites (N-methyl/N-ethyl adjacent to an activating group) is 1. The summed E-state index contributed by atoms with van der Waals surface area (Å²) in [5.41, 5.74) is 4.70. The van der Waals surface area contributed by atoms with E-state index in [9.17, 15) is 9.59 Å². The summed E-state index contributed by atoms with van der Waals surface area (Å²) in [6, 6.07) is 3.64. The van der Waals surface area contributed by atoms with Gasteiger partial charge in [0, 0.05) is 18.8 Å². The van der Waals surface area contributed by atoms with Crippen LogP contribution in [0.2, 0.25) is 0 Å². The molecule has 6 nitrogen and oxygen atoms in total. The molecule has 1 aromatic heterocycles. The molecule has 7 unspecified atom stereocenters. The summed E-state index contributed by atoms with van der Waals surface area (Å²) < 4.78 is 5.91. The average molecular weight is 506 g/mol. The first-order valence-corrected chi connectivity index (χ1v) is 14.3. The van der Waals surface area contributed by atoms with Crippen LogP contribution in [-0.2, 0) is 14.3 Å². The van der Waals surface area contributed by atoms with Crippen LogP contribution in [0.15, 0.2) is 42.3 Å². The summed E-state index contributed by atoms with van der Waals surface area (Å²) in [5, 5.41) is 5.73. The van der Waals surface area contributed by atoms with Gasteiger partial charge in [-0.2, -0.15) is 0 Å². The van der Waals surface area contributed by atoms with Crippen molar-refractivity contribution in [3.8, 4) is 0 Å². The highest BCUT2D eigenvalue weighted by Gasteiger charge is 2.57. The van der Waals surface area contributed by atoms with Crippen molar-refractivity contribution < 1.29 is 14.3 Å². The molecule has 4 aliphatic rings. The Morgan fingerprint density at radius 2 is 1.95 bits per heavy atom. The van der Waals surface area contributed by atoms with E-state index in [1.54, 1.807) is 6.92 Å². The topological polar surface area (TPSA) is 80.3 Å². The van der Waals surface area contributed by atoms with Crippen molar-refractivity contribution in [3.05, 3.63) is 47.8 Å². The Balaban J connectivity index is 1.24. The van der Waals surface area contributed by atoms with E-state index < -0.39 is 6.04 Å². The number of fused-ring (bicyclic) bond motifs is 5. The first-order chi connectivity index (χ1) is 17.8. The van der Waals surface area contributed by atoms with Crippen LogP contribution in [0.3, 0.4) is 0 Å². The van der Waals surface area contributed by atoms with E-state index in [1.165, 1.54) is 36.0 Å². The highest BCUT2D eigenvalue weighted by Crippen LogP contribution is 2.66. The molecule has 200 valence electrons. The highest BCUT2D eigenvalue weighted by atomic mass is 16.5. The maximum absolute atomic E-state index is 12.7. The van der Waals surface area contributed by atoms with Gasteiger partial charge in [-0.1, -0.05) is 44.6 Å². The minimum atomic E-state index is -0.635. The van der Waals surface area contributed by atoms with Gasteiger partial charge in [-0.15, -0.1) is 0 Å². The van der Waals surface area contributed by atoms with Crippen LogP contribution in [0.25, 0.3) is 5.57 Å². The molecule has 2 N–H and O–H groups in total. The van der Waals surface area contributed by atoms with Crippen molar-refractivity contribution in [1.82, 2.24) is 15.6 Å². The molecule has 7 atom stereocenters. The fourth-order valence-electron chi connectivity index (χ4n) is 8.12. The van der Waals surface area contributed by atoms with Gasteiger partial charge in [0.25, 0.3) is 0 Å². The number of esters is 1. The molecule has 0 aliphatic heterocycles. The van der Waals surface area contributed by atoms with Gasteiger partial charge in [0.2, 0.25) is 5.91 Å². The Bertz CT molecular complexity index is 1080.